The number of aromatic nitrogens is 1. The molecule has 0 spiro atoms. The molecule has 2 aromatic rings. The molecule has 1 aliphatic rings. The molecule has 1 aromatic heterocycles. The van der Waals surface area contributed by atoms with Crippen molar-refractivity contribution in [2.45, 2.75) is 52.4 Å². The number of rotatable bonds is 7. The van der Waals surface area contributed by atoms with Gasteiger partial charge in [-0.25, -0.2) is 4.79 Å². The lowest BCUT2D eigenvalue weighted by Crippen LogP contribution is -2.22. The lowest BCUT2D eigenvalue weighted by atomic mass is 9.79. The van der Waals surface area contributed by atoms with E-state index in [0.717, 1.165) is 36.1 Å². The largest absolute Gasteiger partial charge is 0.462 e. The minimum atomic E-state index is -0.401. The fraction of sp³-hybridized carbons (Fsp3) is 0.435. The Morgan fingerprint density at radius 1 is 1.11 bits per heavy atom. The summed E-state index contributed by atoms with van der Waals surface area (Å²) < 4.78 is 5.37. The van der Waals surface area contributed by atoms with Gasteiger partial charge in [0.15, 0.2) is 0 Å². The molecule has 1 saturated carbocycles. The van der Waals surface area contributed by atoms with Crippen molar-refractivity contribution in [1.29, 1.82) is 0 Å². The van der Waals surface area contributed by atoms with Crippen LogP contribution in [0.4, 0.5) is 0 Å². The number of esters is 1. The quantitative estimate of drug-likeness (QED) is 0.565. The Morgan fingerprint density at radius 2 is 1.82 bits per heavy atom. The zero-order valence-corrected chi connectivity index (χ0v) is 17.6. The molecular formula is C23H27NO3S. The number of nitrogens with zero attached hydrogens (tertiary/aromatic N) is 1. The molecule has 4 nitrogen and oxygen atoms in total. The van der Waals surface area contributed by atoms with Crippen molar-refractivity contribution in [3.63, 3.8) is 0 Å². The zero-order chi connectivity index (χ0) is 20.1. The topological polar surface area (TPSA) is 56.3 Å². The SMILES string of the molecule is CCOC(=O)c1c(-c2ccccc2)nc(C2CCC2)c(C(=O)SCC)c1CC. The Bertz CT molecular complexity index is 860. The van der Waals surface area contributed by atoms with Crippen LogP contribution in [0.15, 0.2) is 30.3 Å². The first-order valence-electron chi connectivity index (χ1n) is 10.1. The molecular weight excluding hydrogens is 370 g/mol. The summed E-state index contributed by atoms with van der Waals surface area (Å²) in [4.78, 5) is 30.9. The average Bonchev–Trinajstić information content (AvgIpc) is 2.66. The lowest BCUT2D eigenvalue weighted by Gasteiger charge is -2.29. The molecule has 0 aliphatic heterocycles. The average molecular weight is 398 g/mol. The molecule has 1 aliphatic carbocycles. The summed E-state index contributed by atoms with van der Waals surface area (Å²) in [5.74, 6) is 0.586. The Hall–Kier alpha value is -2.14. The number of benzene rings is 1. The van der Waals surface area contributed by atoms with Crippen molar-refractivity contribution in [3.05, 3.63) is 52.7 Å². The minimum absolute atomic E-state index is 0.0129. The molecule has 0 saturated heterocycles. The van der Waals surface area contributed by atoms with Crippen molar-refractivity contribution in [2.75, 3.05) is 12.4 Å². The maximum absolute atomic E-state index is 13.0. The van der Waals surface area contributed by atoms with Crippen LogP contribution in [0.3, 0.4) is 0 Å². The molecule has 28 heavy (non-hydrogen) atoms. The summed E-state index contributed by atoms with van der Waals surface area (Å²) in [5, 5.41) is 0.0129. The van der Waals surface area contributed by atoms with Gasteiger partial charge in [-0.05, 0) is 37.5 Å². The van der Waals surface area contributed by atoms with E-state index >= 15 is 0 Å². The molecule has 0 radical (unpaired) electrons. The van der Waals surface area contributed by atoms with Gasteiger partial charge in [0.05, 0.1) is 29.1 Å². The van der Waals surface area contributed by atoms with Crippen LogP contribution in [0.2, 0.25) is 0 Å². The van der Waals surface area contributed by atoms with E-state index in [9.17, 15) is 9.59 Å². The number of carbonyl (C=O) groups is 2. The fourth-order valence-corrected chi connectivity index (χ4v) is 4.28. The Balaban J connectivity index is 2.32. The maximum Gasteiger partial charge on any atom is 0.340 e. The van der Waals surface area contributed by atoms with Gasteiger partial charge >= 0.3 is 5.97 Å². The van der Waals surface area contributed by atoms with E-state index in [1.807, 2.05) is 44.2 Å². The first-order valence-corrected chi connectivity index (χ1v) is 11.1. The number of carbonyl (C=O) groups excluding carboxylic acids is 2. The molecule has 0 unspecified atom stereocenters. The predicted molar refractivity (Wildman–Crippen MR) is 114 cm³/mol. The molecule has 3 rings (SSSR count). The van der Waals surface area contributed by atoms with Crippen LogP contribution in [0.5, 0.6) is 0 Å². The van der Waals surface area contributed by atoms with E-state index in [2.05, 4.69) is 0 Å². The van der Waals surface area contributed by atoms with Crippen LogP contribution in [0, 0.1) is 0 Å². The van der Waals surface area contributed by atoms with E-state index in [-0.39, 0.29) is 11.7 Å². The van der Waals surface area contributed by atoms with Gasteiger partial charge in [-0.2, -0.15) is 0 Å². The second-order valence-corrected chi connectivity index (χ2v) is 8.10. The summed E-state index contributed by atoms with van der Waals surface area (Å²) in [7, 11) is 0. The Kier molecular flexibility index (Phi) is 6.89. The van der Waals surface area contributed by atoms with E-state index in [1.165, 1.54) is 11.8 Å². The molecule has 1 heterocycles. The zero-order valence-electron chi connectivity index (χ0n) is 16.8. The first-order chi connectivity index (χ1) is 13.6. The van der Waals surface area contributed by atoms with Gasteiger partial charge in [0, 0.05) is 11.5 Å². The van der Waals surface area contributed by atoms with Crippen LogP contribution in [-0.4, -0.2) is 28.4 Å². The van der Waals surface area contributed by atoms with Crippen molar-refractivity contribution in [2.24, 2.45) is 0 Å². The Labute approximate surface area is 171 Å². The van der Waals surface area contributed by atoms with Crippen LogP contribution in [0.25, 0.3) is 11.3 Å². The van der Waals surface area contributed by atoms with E-state index < -0.39 is 5.97 Å². The highest BCUT2D eigenvalue weighted by Gasteiger charge is 2.33. The number of thioether (sulfide) groups is 1. The smallest absolute Gasteiger partial charge is 0.340 e. The van der Waals surface area contributed by atoms with Crippen LogP contribution in [0.1, 0.15) is 77.9 Å². The van der Waals surface area contributed by atoms with Gasteiger partial charge in [0.25, 0.3) is 0 Å². The molecule has 0 bridgehead atoms. The Morgan fingerprint density at radius 3 is 2.36 bits per heavy atom. The molecule has 148 valence electrons. The van der Waals surface area contributed by atoms with Crippen molar-refractivity contribution in [1.82, 2.24) is 4.98 Å². The summed E-state index contributed by atoms with van der Waals surface area (Å²) in [5.41, 5.74) is 4.24. The van der Waals surface area contributed by atoms with Gasteiger partial charge in [-0.1, -0.05) is 62.4 Å². The predicted octanol–water partition coefficient (Wildman–Crippen LogP) is 5.65. The van der Waals surface area contributed by atoms with E-state index in [0.29, 0.717) is 34.9 Å². The number of hydrogen-bond acceptors (Lipinski definition) is 5. The summed E-state index contributed by atoms with van der Waals surface area (Å²) in [6, 6.07) is 9.73. The van der Waals surface area contributed by atoms with Gasteiger partial charge in [-0.3, -0.25) is 9.78 Å². The number of ether oxygens (including phenoxy) is 1. The summed E-state index contributed by atoms with van der Waals surface area (Å²) in [6.07, 6.45) is 3.82. The standard InChI is InChI=1S/C23H27NO3S/c1-4-17-18(22(25)27-5-2)20(15-11-8-7-9-12-15)24-21(16-13-10-14-16)19(17)23(26)28-6-3/h7-9,11-12,16H,4-6,10,13-14H2,1-3H3. The third kappa shape index (κ3) is 4.00. The monoisotopic (exact) mass is 397 g/mol. The third-order valence-corrected chi connectivity index (χ3v) is 5.94. The lowest BCUT2D eigenvalue weighted by molar-refractivity contribution is 0.0525. The minimum Gasteiger partial charge on any atom is -0.462 e. The van der Waals surface area contributed by atoms with Crippen LogP contribution >= 0.6 is 11.8 Å². The third-order valence-electron chi connectivity index (χ3n) is 5.18. The van der Waals surface area contributed by atoms with Gasteiger partial charge in [-0.15, -0.1) is 0 Å². The number of pyridine rings is 1. The molecule has 1 aromatic carbocycles. The number of hydrogen-bond donors (Lipinski definition) is 0. The highest BCUT2D eigenvalue weighted by atomic mass is 32.2. The molecule has 5 heteroatoms. The van der Waals surface area contributed by atoms with Gasteiger partial charge in [0.2, 0.25) is 5.12 Å². The normalized spacial score (nSPS) is 13.8. The fourth-order valence-electron chi connectivity index (χ4n) is 3.64. The van der Waals surface area contributed by atoms with Gasteiger partial charge in [0.1, 0.15) is 0 Å². The molecule has 0 atom stereocenters. The second-order valence-electron chi connectivity index (χ2n) is 6.86. The van der Waals surface area contributed by atoms with E-state index in [4.69, 9.17) is 9.72 Å². The summed E-state index contributed by atoms with van der Waals surface area (Å²) >= 11 is 1.28. The van der Waals surface area contributed by atoms with Crippen LogP contribution in [-0.2, 0) is 11.2 Å². The highest BCUT2D eigenvalue weighted by Crippen LogP contribution is 2.41. The highest BCUT2D eigenvalue weighted by molar-refractivity contribution is 8.14. The molecule has 0 amide bonds. The van der Waals surface area contributed by atoms with Crippen molar-refractivity contribution in [3.8, 4) is 11.3 Å². The van der Waals surface area contributed by atoms with Crippen molar-refractivity contribution >= 4 is 22.8 Å². The van der Waals surface area contributed by atoms with E-state index in [1.54, 1.807) is 6.92 Å². The molecule has 1 fully saturated rings. The maximum atomic E-state index is 13.0. The second kappa shape index (κ2) is 9.37. The van der Waals surface area contributed by atoms with Gasteiger partial charge < -0.3 is 4.74 Å². The first kappa shape index (κ1) is 20.6. The summed E-state index contributed by atoms with van der Waals surface area (Å²) in [6.45, 7) is 6.04. The molecule has 0 N–H and O–H groups in total. The van der Waals surface area contributed by atoms with Crippen molar-refractivity contribution < 1.29 is 14.3 Å². The van der Waals surface area contributed by atoms with Crippen LogP contribution < -0.4 is 0 Å².